The lowest BCUT2D eigenvalue weighted by Crippen LogP contribution is -2.07. The van der Waals surface area contributed by atoms with Crippen molar-refractivity contribution in [2.75, 3.05) is 6.54 Å². The van der Waals surface area contributed by atoms with Crippen molar-refractivity contribution in [2.45, 2.75) is 6.42 Å². The Hall–Kier alpha value is -1.55. The molecule has 21 heavy (non-hydrogen) atoms. The van der Waals surface area contributed by atoms with E-state index in [0.29, 0.717) is 16.6 Å². The van der Waals surface area contributed by atoms with Crippen LogP contribution in [0.15, 0.2) is 36.4 Å². The summed E-state index contributed by atoms with van der Waals surface area (Å²) in [4.78, 5) is 0. The van der Waals surface area contributed by atoms with E-state index in [9.17, 15) is 0 Å². The summed E-state index contributed by atoms with van der Waals surface area (Å²) < 4.78 is 1.89. The van der Waals surface area contributed by atoms with Gasteiger partial charge in [-0.15, -0.1) is 0 Å². The Bertz CT molecular complexity index is 809. The number of aromatic nitrogens is 2. The lowest BCUT2D eigenvalue weighted by atomic mass is 10.0. The van der Waals surface area contributed by atoms with Crippen molar-refractivity contribution in [1.29, 1.82) is 0 Å². The van der Waals surface area contributed by atoms with E-state index in [1.165, 1.54) is 0 Å². The standard InChI is InChI=1S/C16H15Cl2N3/c1-21-15(7-8-19)13-4-2-3-12(16(13)20-21)11-6-5-10(17)9-14(11)18/h2-6,9H,7-8,19H2,1H3. The molecule has 3 rings (SSSR count). The van der Waals surface area contributed by atoms with Gasteiger partial charge in [0.25, 0.3) is 0 Å². The van der Waals surface area contributed by atoms with E-state index in [1.807, 2.05) is 36.0 Å². The molecule has 0 unspecified atom stereocenters. The average Bonchev–Trinajstić information content (AvgIpc) is 2.76. The van der Waals surface area contributed by atoms with Crippen molar-refractivity contribution in [3.8, 4) is 11.1 Å². The van der Waals surface area contributed by atoms with Crippen molar-refractivity contribution in [1.82, 2.24) is 9.78 Å². The van der Waals surface area contributed by atoms with E-state index < -0.39 is 0 Å². The molecule has 0 spiro atoms. The maximum Gasteiger partial charge on any atom is 0.100 e. The van der Waals surface area contributed by atoms with Gasteiger partial charge in [-0.1, -0.05) is 47.5 Å². The lowest BCUT2D eigenvalue weighted by Gasteiger charge is -2.06. The first-order valence-corrected chi connectivity index (χ1v) is 7.47. The van der Waals surface area contributed by atoms with Gasteiger partial charge in [0.2, 0.25) is 0 Å². The number of rotatable bonds is 3. The molecule has 108 valence electrons. The first kappa shape index (κ1) is 14.4. The van der Waals surface area contributed by atoms with Gasteiger partial charge in [-0.05, 0) is 18.7 Å². The maximum absolute atomic E-state index is 6.33. The second kappa shape index (κ2) is 5.68. The Labute approximate surface area is 133 Å². The number of benzene rings is 2. The molecular formula is C16H15Cl2N3. The quantitative estimate of drug-likeness (QED) is 0.791. The lowest BCUT2D eigenvalue weighted by molar-refractivity contribution is 0.716. The van der Waals surface area contributed by atoms with Gasteiger partial charge in [-0.25, -0.2) is 0 Å². The highest BCUT2D eigenvalue weighted by Gasteiger charge is 2.14. The molecule has 0 atom stereocenters. The number of halogens is 2. The van der Waals surface area contributed by atoms with Crippen LogP contribution in [0.3, 0.4) is 0 Å². The fraction of sp³-hybridized carbons (Fsp3) is 0.188. The van der Waals surface area contributed by atoms with Gasteiger partial charge in [-0.2, -0.15) is 5.10 Å². The van der Waals surface area contributed by atoms with E-state index in [0.717, 1.165) is 34.1 Å². The molecule has 0 radical (unpaired) electrons. The Balaban J connectivity index is 2.26. The number of fused-ring (bicyclic) bond motifs is 1. The Morgan fingerprint density at radius 2 is 1.95 bits per heavy atom. The van der Waals surface area contributed by atoms with Crippen molar-refractivity contribution < 1.29 is 0 Å². The molecule has 0 saturated heterocycles. The summed E-state index contributed by atoms with van der Waals surface area (Å²) in [5.74, 6) is 0. The summed E-state index contributed by atoms with van der Waals surface area (Å²) in [6, 6.07) is 11.6. The molecule has 3 aromatic rings. The predicted octanol–water partition coefficient (Wildman–Crippen LogP) is 4.05. The Morgan fingerprint density at radius 1 is 1.14 bits per heavy atom. The number of hydrogen-bond donors (Lipinski definition) is 1. The maximum atomic E-state index is 6.33. The van der Waals surface area contributed by atoms with Crippen LogP contribution in [-0.2, 0) is 13.5 Å². The van der Waals surface area contributed by atoms with E-state index in [4.69, 9.17) is 28.9 Å². The highest BCUT2D eigenvalue weighted by Crippen LogP contribution is 2.35. The van der Waals surface area contributed by atoms with Gasteiger partial charge in [0.15, 0.2) is 0 Å². The van der Waals surface area contributed by atoms with Gasteiger partial charge < -0.3 is 5.73 Å². The molecule has 0 amide bonds. The van der Waals surface area contributed by atoms with E-state index in [2.05, 4.69) is 11.2 Å². The molecule has 0 aliphatic rings. The second-order valence-electron chi connectivity index (χ2n) is 4.93. The van der Waals surface area contributed by atoms with Crippen LogP contribution in [0.2, 0.25) is 10.0 Å². The molecule has 5 heteroatoms. The zero-order chi connectivity index (χ0) is 15.0. The minimum atomic E-state index is 0.598. The fourth-order valence-corrected chi connectivity index (χ4v) is 3.14. The second-order valence-corrected chi connectivity index (χ2v) is 5.78. The van der Waals surface area contributed by atoms with Gasteiger partial charge in [-0.3, -0.25) is 4.68 Å². The number of nitrogens with zero attached hydrogens (tertiary/aromatic N) is 2. The zero-order valence-electron chi connectivity index (χ0n) is 11.6. The summed E-state index contributed by atoms with van der Waals surface area (Å²) in [6.45, 7) is 0.598. The highest BCUT2D eigenvalue weighted by molar-refractivity contribution is 6.36. The third-order valence-electron chi connectivity index (χ3n) is 3.59. The van der Waals surface area contributed by atoms with Crippen LogP contribution in [0.4, 0.5) is 0 Å². The normalized spacial score (nSPS) is 11.2. The summed E-state index contributed by atoms with van der Waals surface area (Å²) in [7, 11) is 1.94. The average molecular weight is 320 g/mol. The van der Waals surface area contributed by atoms with Gasteiger partial charge in [0.05, 0.1) is 0 Å². The monoisotopic (exact) mass is 319 g/mol. The third-order valence-corrected chi connectivity index (χ3v) is 4.14. The van der Waals surface area contributed by atoms with Crippen molar-refractivity contribution in [3.05, 3.63) is 52.1 Å². The molecule has 2 N–H and O–H groups in total. The smallest absolute Gasteiger partial charge is 0.100 e. The third kappa shape index (κ3) is 2.53. The van der Waals surface area contributed by atoms with Crippen LogP contribution < -0.4 is 5.73 Å². The van der Waals surface area contributed by atoms with E-state index in [-0.39, 0.29) is 0 Å². The minimum absolute atomic E-state index is 0.598. The molecule has 3 nitrogen and oxygen atoms in total. The Kier molecular flexibility index (Phi) is 3.89. The topological polar surface area (TPSA) is 43.8 Å². The summed E-state index contributed by atoms with van der Waals surface area (Å²) in [5.41, 5.74) is 9.71. The van der Waals surface area contributed by atoms with Crippen LogP contribution in [-0.4, -0.2) is 16.3 Å². The van der Waals surface area contributed by atoms with Crippen LogP contribution in [0.25, 0.3) is 22.0 Å². The van der Waals surface area contributed by atoms with Crippen LogP contribution >= 0.6 is 23.2 Å². The number of aryl methyl sites for hydroxylation is 1. The predicted molar refractivity (Wildman–Crippen MR) is 88.9 cm³/mol. The number of hydrogen-bond acceptors (Lipinski definition) is 2. The molecule has 1 aromatic heterocycles. The van der Waals surface area contributed by atoms with E-state index in [1.54, 1.807) is 6.07 Å². The van der Waals surface area contributed by atoms with Gasteiger partial charge in [0, 0.05) is 45.7 Å². The van der Waals surface area contributed by atoms with Gasteiger partial charge >= 0.3 is 0 Å². The fourth-order valence-electron chi connectivity index (χ4n) is 2.63. The first-order valence-electron chi connectivity index (χ1n) is 6.72. The largest absolute Gasteiger partial charge is 0.330 e. The van der Waals surface area contributed by atoms with Crippen LogP contribution in [0, 0.1) is 0 Å². The summed E-state index contributed by atoms with van der Waals surface area (Å²) in [5, 5.41) is 7.01. The van der Waals surface area contributed by atoms with Crippen molar-refractivity contribution in [3.63, 3.8) is 0 Å². The van der Waals surface area contributed by atoms with Crippen molar-refractivity contribution >= 4 is 34.1 Å². The highest BCUT2D eigenvalue weighted by atomic mass is 35.5. The SMILES string of the molecule is Cn1nc2c(-c3ccc(Cl)cc3Cl)cccc2c1CCN. The van der Waals surface area contributed by atoms with Crippen LogP contribution in [0.1, 0.15) is 5.69 Å². The first-order chi connectivity index (χ1) is 10.1. The molecule has 0 saturated carbocycles. The molecular weight excluding hydrogens is 305 g/mol. The summed E-state index contributed by atoms with van der Waals surface area (Å²) >= 11 is 12.3. The minimum Gasteiger partial charge on any atom is -0.330 e. The van der Waals surface area contributed by atoms with Gasteiger partial charge in [0.1, 0.15) is 5.52 Å². The zero-order valence-corrected chi connectivity index (χ0v) is 13.1. The molecule has 0 aliphatic carbocycles. The Morgan fingerprint density at radius 3 is 2.67 bits per heavy atom. The summed E-state index contributed by atoms with van der Waals surface area (Å²) in [6.07, 6.45) is 0.796. The van der Waals surface area contributed by atoms with Crippen LogP contribution in [0.5, 0.6) is 0 Å². The number of nitrogens with two attached hydrogens (primary N) is 1. The molecule has 0 bridgehead atoms. The molecule has 0 aliphatic heterocycles. The van der Waals surface area contributed by atoms with E-state index >= 15 is 0 Å². The molecule has 2 aromatic carbocycles. The van der Waals surface area contributed by atoms with Crippen molar-refractivity contribution in [2.24, 2.45) is 12.8 Å². The molecule has 1 heterocycles. The molecule has 0 fully saturated rings.